The normalized spacial score (nSPS) is 12.6. The Balaban J connectivity index is 1.98. The van der Waals surface area contributed by atoms with Gasteiger partial charge in [0, 0.05) is 30.4 Å². The molecule has 22 heavy (non-hydrogen) atoms. The summed E-state index contributed by atoms with van der Waals surface area (Å²) in [5.41, 5.74) is 2.33. The maximum absolute atomic E-state index is 6.67. The first kappa shape index (κ1) is 13.0. The van der Waals surface area contributed by atoms with Crippen LogP contribution in [0.5, 0.6) is 0 Å². The molecule has 0 bridgehead atoms. The predicted octanol–water partition coefficient (Wildman–Crippen LogP) is 3.54. The van der Waals surface area contributed by atoms with Crippen molar-refractivity contribution in [1.82, 2.24) is 24.1 Å². The minimum absolute atomic E-state index is 0.454. The summed E-state index contributed by atoms with van der Waals surface area (Å²) in [6.07, 6.45) is 8.76. The second-order valence-corrected chi connectivity index (χ2v) is 5.25. The fourth-order valence-electron chi connectivity index (χ4n) is 2.49. The first-order chi connectivity index (χ1) is 10.8. The Labute approximate surface area is 131 Å². The number of alkyl halides is 1. The van der Waals surface area contributed by atoms with Crippen molar-refractivity contribution in [2.24, 2.45) is 0 Å². The van der Waals surface area contributed by atoms with Crippen molar-refractivity contribution in [3.05, 3.63) is 67.5 Å². The lowest BCUT2D eigenvalue weighted by atomic mass is 10.3. The van der Waals surface area contributed by atoms with Crippen LogP contribution in [0.25, 0.3) is 22.4 Å². The number of pyridine rings is 1. The van der Waals surface area contributed by atoms with E-state index in [2.05, 4.69) is 9.97 Å². The third-order valence-electron chi connectivity index (χ3n) is 3.50. The molecule has 0 saturated carbocycles. The quantitative estimate of drug-likeness (QED) is 0.544. The SMILES string of the molecule is ClC(n1ccnc1)n1c(-c2cccnc2)nc2ccccc21. The van der Waals surface area contributed by atoms with Crippen LogP contribution in [-0.2, 0) is 0 Å². The van der Waals surface area contributed by atoms with Crippen molar-refractivity contribution >= 4 is 22.6 Å². The van der Waals surface area contributed by atoms with E-state index >= 15 is 0 Å². The van der Waals surface area contributed by atoms with Crippen LogP contribution >= 0.6 is 11.6 Å². The van der Waals surface area contributed by atoms with E-state index in [9.17, 15) is 0 Å². The average Bonchev–Trinajstić information content (AvgIpc) is 3.23. The molecule has 6 heteroatoms. The molecule has 0 aliphatic heterocycles. The van der Waals surface area contributed by atoms with Crippen molar-refractivity contribution in [1.29, 1.82) is 0 Å². The lowest BCUT2D eigenvalue weighted by Crippen LogP contribution is -2.12. The highest BCUT2D eigenvalue weighted by atomic mass is 35.5. The van der Waals surface area contributed by atoms with Crippen molar-refractivity contribution in [3.63, 3.8) is 0 Å². The molecule has 0 aliphatic carbocycles. The molecule has 0 saturated heterocycles. The molecule has 0 aliphatic rings. The zero-order valence-corrected chi connectivity index (χ0v) is 12.3. The van der Waals surface area contributed by atoms with E-state index in [0.717, 1.165) is 22.4 Å². The second kappa shape index (κ2) is 5.27. The van der Waals surface area contributed by atoms with Gasteiger partial charge in [0.2, 0.25) is 0 Å². The molecule has 0 radical (unpaired) electrons. The maximum Gasteiger partial charge on any atom is 0.190 e. The molecule has 0 N–H and O–H groups in total. The van der Waals surface area contributed by atoms with Crippen LogP contribution in [0.2, 0.25) is 0 Å². The zero-order valence-electron chi connectivity index (χ0n) is 11.5. The van der Waals surface area contributed by atoms with Gasteiger partial charge in [0.05, 0.1) is 17.4 Å². The largest absolute Gasteiger partial charge is 0.303 e. The average molecular weight is 310 g/mol. The van der Waals surface area contributed by atoms with E-state index in [-0.39, 0.29) is 0 Å². The van der Waals surface area contributed by atoms with Gasteiger partial charge < -0.3 is 4.57 Å². The molecule has 4 rings (SSSR count). The van der Waals surface area contributed by atoms with E-state index in [1.807, 2.05) is 51.7 Å². The van der Waals surface area contributed by atoms with E-state index in [1.54, 1.807) is 24.9 Å². The van der Waals surface area contributed by atoms with Crippen molar-refractivity contribution < 1.29 is 0 Å². The van der Waals surface area contributed by atoms with Gasteiger partial charge in [-0.2, -0.15) is 0 Å². The summed E-state index contributed by atoms with van der Waals surface area (Å²) in [7, 11) is 0. The van der Waals surface area contributed by atoms with Crippen LogP contribution in [0.4, 0.5) is 0 Å². The van der Waals surface area contributed by atoms with Gasteiger partial charge in [-0.1, -0.05) is 23.7 Å². The molecule has 0 amide bonds. The van der Waals surface area contributed by atoms with Crippen LogP contribution in [0.3, 0.4) is 0 Å². The fraction of sp³-hybridized carbons (Fsp3) is 0.0625. The summed E-state index contributed by atoms with van der Waals surface area (Å²) in [4.78, 5) is 13.0. The van der Waals surface area contributed by atoms with Crippen LogP contribution in [0, 0.1) is 0 Å². The van der Waals surface area contributed by atoms with Gasteiger partial charge in [-0.3, -0.25) is 9.55 Å². The molecule has 4 aromatic rings. The van der Waals surface area contributed by atoms with Gasteiger partial charge in [-0.05, 0) is 24.3 Å². The maximum atomic E-state index is 6.67. The molecule has 1 atom stereocenters. The molecular formula is C16H12ClN5. The van der Waals surface area contributed by atoms with E-state index in [4.69, 9.17) is 16.6 Å². The standard InChI is InChI=1S/C16H12ClN5/c17-16(21-9-8-19-11-21)22-14-6-2-1-5-13(14)20-15(22)12-4-3-7-18-10-12/h1-11,16H. The molecule has 1 unspecified atom stereocenters. The van der Waals surface area contributed by atoms with Crippen LogP contribution in [0.15, 0.2) is 67.5 Å². The molecule has 5 nitrogen and oxygen atoms in total. The second-order valence-electron chi connectivity index (χ2n) is 4.86. The first-order valence-corrected chi connectivity index (χ1v) is 7.27. The molecular weight excluding hydrogens is 298 g/mol. The Morgan fingerprint density at radius 3 is 2.68 bits per heavy atom. The smallest absolute Gasteiger partial charge is 0.190 e. The highest BCUT2D eigenvalue weighted by Gasteiger charge is 2.19. The highest BCUT2D eigenvalue weighted by molar-refractivity contribution is 6.19. The fourth-order valence-corrected chi connectivity index (χ4v) is 2.80. The van der Waals surface area contributed by atoms with Gasteiger partial charge in [0.15, 0.2) is 5.62 Å². The molecule has 3 heterocycles. The Bertz CT molecular complexity index is 899. The summed E-state index contributed by atoms with van der Waals surface area (Å²) >= 11 is 6.67. The molecule has 3 aromatic heterocycles. The van der Waals surface area contributed by atoms with Crippen molar-refractivity contribution in [2.75, 3.05) is 0 Å². The minimum Gasteiger partial charge on any atom is -0.303 e. The Kier molecular flexibility index (Phi) is 3.12. The molecule has 1 aromatic carbocycles. The van der Waals surface area contributed by atoms with Gasteiger partial charge in [-0.25, -0.2) is 9.97 Å². The van der Waals surface area contributed by atoms with Gasteiger partial charge in [0.25, 0.3) is 0 Å². The number of rotatable bonds is 3. The van der Waals surface area contributed by atoms with Crippen molar-refractivity contribution in [2.45, 2.75) is 5.62 Å². The third-order valence-corrected chi connectivity index (χ3v) is 3.92. The van der Waals surface area contributed by atoms with E-state index in [0.29, 0.717) is 0 Å². The number of hydrogen-bond acceptors (Lipinski definition) is 3. The number of aromatic nitrogens is 5. The third kappa shape index (κ3) is 2.07. The van der Waals surface area contributed by atoms with Gasteiger partial charge in [-0.15, -0.1) is 0 Å². The van der Waals surface area contributed by atoms with Crippen LogP contribution in [-0.4, -0.2) is 24.1 Å². The van der Waals surface area contributed by atoms with Crippen LogP contribution in [0.1, 0.15) is 5.62 Å². The Hall–Kier alpha value is -2.66. The number of hydrogen-bond donors (Lipinski definition) is 0. The number of nitrogens with zero attached hydrogens (tertiary/aromatic N) is 5. The lowest BCUT2D eigenvalue weighted by Gasteiger charge is -2.16. The lowest BCUT2D eigenvalue weighted by molar-refractivity contribution is 0.595. The van der Waals surface area contributed by atoms with Crippen molar-refractivity contribution in [3.8, 4) is 11.4 Å². The monoisotopic (exact) mass is 309 g/mol. The topological polar surface area (TPSA) is 48.5 Å². The zero-order chi connectivity index (χ0) is 14.9. The number of imidazole rings is 2. The summed E-state index contributed by atoms with van der Waals surface area (Å²) in [5, 5.41) is 0. The van der Waals surface area contributed by atoms with Gasteiger partial charge in [0.1, 0.15) is 5.82 Å². The summed E-state index contributed by atoms with van der Waals surface area (Å²) in [5.74, 6) is 0.781. The van der Waals surface area contributed by atoms with Crippen LogP contribution < -0.4 is 0 Å². The Morgan fingerprint density at radius 1 is 1.00 bits per heavy atom. The van der Waals surface area contributed by atoms with E-state index < -0.39 is 5.62 Å². The predicted molar refractivity (Wildman–Crippen MR) is 85.5 cm³/mol. The summed E-state index contributed by atoms with van der Waals surface area (Å²) in [6, 6.07) is 11.8. The Morgan fingerprint density at radius 2 is 1.91 bits per heavy atom. The van der Waals surface area contributed by atoms with Gasteiger partial charge >= 0.3 is 0 Å². The number of benzene rings is 1. The minimum atomic E-state index is -0.454. The summed E-state index contributed by atoms with van der Waals surface area (Å²) in [6.45, 7) is 0. The molecule has 0 spiro atoms. The number of fused-ring (bicyclic) bond motifs is 1. The molecule has 108 valence electrons. The first-order valence-electron chi connectivity index (χ1n) is 6.83. The molecule has 0 fully saturated rings. The summed E-state index contributed by atoms with van der Waals surface area (Å²) < 4.78 is 3.81. The highest BCUT2D eigenvalue weighted by Crippen LogP contribution is 2.30. The van der Waals surface area contributed by atoms with E-state index in [1.165, 1.54) is 0 Å². The number of para-hydroxylation sites is 2. The number of halogens is 1.